The zero-order valence-electron chi connectivity index (χ0n) is 6.80. The Morgan fingerprint density at radius 2 is 1.18 bits per heavy atom. The van der Waals surface area contributed by atoms with Gasteiger partial charge < -0.3 is 0 Å². The topological polar surface area (TPSA) is 0 Å². The van der Waals surface area contributed by atoms with Gasteiger partial charge in [-0.3, -0.25) is 0 Å². The van der Waals surface area contributed by atoms with E-state index < -0.39 is 6.17 Å². The molecule has 4 rings (SSSR count). The molecule has 1 heteroatoms. The third-order valence-corrected chi connectivity index (χ3v) is 4.11. The van der Waals surface area contributed by atoms with Gasteiger partial charge in [0.15, 0.2) is 0 Å². The van der Waals surface area contributed by atoms with Gasteiger partial charge in [0, 0.05) is 0 Å². The highest BCUT2D eigenvalue weighted by molar-refractivity contribution is 4.98. The molecule has 0 aromatic carbocycles. The van der Waals surface area contributed by atoms with E-state index in [-0.39, 0.29) is 0 Å². The van der Waals surface area contributed by atoms with Crippen molar-refractivity contribution in [3.05, 3.63) is 0 Å². The van der Waals surface area contributed by atoms with E-state index in [2.05, 4.69) is 0 Å². The van der Waals surface area contributed by atoms with E-state index in [0.717, 1.165) is 11.8 Å². The molecule has 0 heterocycles. The maximum Gasteiger partial charge on any atom is 0.106 e. The van der Waals surface area contributed by atoms with Crippen molar-refractivity contribution in [3.63, 3.8) is 0 Å². The van der Waals surface area contributed by atoms with E-state index in [4.69, 9.17) is 0 Å². The number of rotatable bonds is 0. The Kier molecular flexibility index (Phi) is 1.17. The van der Waals surface area contributed by atoms with Gasteiger partial charge in [-0.2, -0.15) is 0 Å². The first kappa shape index (κ1) is 6.45. The molecule has 4 saturated carbocycles. The van der Waals surface area contributed by atoms with Crippen molar-refractivity contribution in [1.29, 1.82) is 0 Å². The fourth-order valence-corrected chi connectivity index (χ4v) is 3.86. The molecule has 11 heavy (non-hydrogen) atoms. The van der Waals surface area contributed by atoms with Crippen LogP contribution in [-0.2, 0) is 0 Å². The highest BCUT2D eigenvalue weighted by atomic mass is 19.1. The maximum absolute atomic E-state index is 13.5. The first-order valence-electron chi connectivity index (χ1n) is 4.97. The van der Waals surface area contributed by atoms with Crippen LogP contribution in [0.2, 0.25) is 0 Å². The van der Waals surface area contributed by atoms with Crippen LogP contribution in [0.15, 0.2) is 0 Å². The molecule has 0 N–H and O–H groups in total. The van der Waals surface area contributed by atoms with E-state index in [1.807, 2.05) is 0 Å². The minimum atomic E-state index is -0.414. The molecule has 0 amide bonds. The van der Waals surface area contributed by atoms with E-state index >= 15 is 0 Å². The average Bonchev–Trinajstić information content (AvgIpc) is 1.98. The molecule has 4 aliphatic rings. The SMILES string of the molecule is FC1C2CC3CC(C2)CC1C3. The van der Waals surface area contributed by atoms with Crippen molar-refractivity contribution in [3.8, 4) is 0 Å². The monoisotopic (exact) mass is 154 g/mol. The molecular weight excluding hydrogens is 139 g/mol. The third kappa shape index (κ3) is 0.800. The van der Waals surface area contributed by atoms with Gasteiger partial charge in [-0.05, 0) is 55.8 Å². The summed E-state index contributed by atoms with van der Waals surface area (Å²) in [6.07, 6.45) is 5.88. The van der Waals surface area contributed by atoms with Gasteiger partial charge >= 0.3 is 0 Å². The number of hydrogen-bond acceptors (Lipinski definition) is 0. The second-order valence-corrected chi connectivity index (χ2v) is 4.88. The molecule has 0 unspecified atom stereocenters. The van der Waals surface area contributed by atoms with Crippen LogP contribution in [-0.4, -0.2) is 6.17 Å². The summed E-state index contributed by atoms with van der Waals surface area (Å²) in [5.74, 6) is 2.80. The summed E-state index contributed by atoms with van der Waals surface area (Å²) in [6, 6.07) is 0. The summed E-state index contributed by atoms with van der Waals surface area (Å²) in [6.45, 7) is 0. The van der Waals surface area contributed by atoms with Crippen molar-refractivity contribution in [2.45, 2.75) is 38.3 Å². The Morgan fingerprint density at radius 1 is 0.727 bits per heavy atom. The standard InChI is InChI=1S/C10H15F/c11-10-8-2-6-1-7(4-8)5-9(10)3-6/h6-10H,1-5H2. The first-order chi connectivity index (χ1) is 5.33. The Labute approximate surface area is 67.2 Å². The summed E-state index contributed by atoms with van der Waals surface area (Å²) in [5, 5.41) is 0. The predicted octanol–water partition coefficient (Wildman–Crippen LogP) is 2.78. The highest BCUT2D eigenvalue weighted by Crippen LogP contribution is 2.54. The van der Waals surface area contributed by atoms with Gasteiger partial charge in [-0.15, -0.1) is 0 Å². The van der Waals surface area contributed by atoms with Gasteiger partial charge in [0.25, 0.3) is 0 Å². The van der Waals surface area contributed by atoms with Gasteiger partial charge in [-0.25, -0.2) is 4.39 Å². The Bertz CT molecular complexity index is 148. The van der Waals surface area contributed by atoms with Gasteiger partial charge in [0.2, 0.25) is 0 Å². The normalized spacial score (nSPS) is 60.3. The minimum Gasteiger partial charge on any atom is -0.247 e. The molecule has 0 aliphatic heterocycles. The lowest BCUT2D eigenvalue weighted by Gasteiger charge is -2.51. The minimum absolute atomic E-state index is 0.414. The van der Waals surface area contributed by atoms with E-state index in [0.29, 0.717) is 11.8 Å². The molecule has 0 saturated heterocycles. The molecule has 4 aliphatic carbocycles. The van der Waals surface area contributed by atoms with Gasteiger partial charge in [0.1, 0.15) is 6.17 Å². The summed E-state index contributed by atoms with van der Waals surface area (Å²) in [4.78, 5) is 0. The van der Waals surface area contributed by atoms with E-state index in [1.54, 1.807) is 0 Å². The number of halogens is 1. The van der Waals surface area contributed by atoms with Crippen molar-refractivity contribution in [2.24, 2.45) is 23.7 Å². The van der Waals surface area contributed by atoms with Gasteiger partial charge in [-0.1, -0.05) is 0 Å². The van der Waals surface area contributed by atoms with Crippen molar-refractivity contribution >= 4 is 0 Å². The maximum atomic E-state index is 13.5. The summed E-state index contributed by atoms with van der Waals surface area (Å²) >= 11 is 0. The third-order valence-electron chi connectivity index (χ3n) is 4.11. The molecule has 0 aromatic rings. The zero-order chi connectivity index (χ0) is 7.42. The summed E-state index contributed by atoms with van der Waals surface area (Å²) < 4.78 is 13.5. The fraction of sp³-hybridized carbons (Fsp3) is 1.00. The number of hydrogen-bond donors (Lipinski definition) is 0. The lowest BCUT2D eigenvalue weighted by atomic mass is 9.55. The molecule has 62 valence electrons. The Hall–Kier alpha value is -0.0700. The highest BCUT2D eigenvalue weighted by Gasteiger charge is 2.48. The van der Waals surface area contributed by atoms with Crippen LogP contribution in [0.25, 0.3) is 0 Å². The summed E-state index contributed by atoms with van der Waals surface area (Å²) in [7, 11) is 0. The van der Waals surface area contributed by atoms with Crippen LogP contribution < -0.4 is 0 Å². The molecule has 0 atom stereocenters. The molecule has 0 nitrogen and oxygen atoms in total. The van der Waals surface area contributed by atoms with Crippen LogP contribution in [0, 0.1) is 23.7 Å². The fourth-order valence-electron chi connectivity index (χ4n) is 3.86. The van der Waals surface area contributed by atoms with Gasteiger partial charge in [0.05, 0.1) is 0 Å². The first-order valence-corrected chi connectivity index (χ1v) is 4.97. The Balaban J connectivity index is 1.91. The van der Waals surface area contributed by atoms with Crippen molar-refractivity contribution < 1.29 is 4.39 Å². The zero-order valence-corrected chi connectivity index (χ0v) is 6.80. The van der Waals surface area contributed by atoms with E-state index in [1.165, 1.54) is 32.1 Å². The average molecular weight is 154 g/mol. The quantitative estimate of drug-likeness (QED) is 0.503. The molecule has 4 fully saturated rings. The molecular formula is C10H15F. The molecule has 0 aromatic heterocycles. The summed E-state index contributed by atoms with van der Waals surface area (Å²) in [5.41, 5.74) is 0. The lowest BCUT2D eigenvalue weighted by Crippen LogP contribution is -2.46. The Morgan fingerprint density at radius 3 is 1.64 bits per heavy atom. The van der Waals surface area contributed by atoms with Crippen LogP contribution >= 0.6 is 0 Å². The van der Waals surface area contributed by atoms with Crippen LogP contribution in [0.3, 0.4) is 0 Å². The second kappa shape index (κ2) is 1.99. The second-order valence-electron chi connectivity index (χ2n) is 4.88. The smallest absolute Gasteiger partial charge is 0.106 e. The molecule has 0 radical (unpaired) electrons. The van der Waals surface area contributed by atoms with E-state index in [9.17, 15) is 4.39 Å². The molecule has 0 spiro atoms. The van der Waals surface area contributed by atoms with Crippen molar-refractivity contribution in [1.82, 2.24) is 0 Å². The van der Waals surface area contributed by atoms with Crippen LogP contribution in [0.1, 0.15) is 32.1 Å². The lowest BCUT2D eigenvalue weighted by molar-refractivity contribution is -0.0519. The number of alkyl halides is 1. The molecule has 4 bridgehead atoms. The van der Waals surface area contributed by atoms with Crippen LogP contribution in [0.5, 0.6) is 0 Å². The predicted molar refractivity (Wildman–Crippen MR) is 41.9 cm³/mol. The van der Waals surface area contributed by atoms with Crippen molar-refractivity contribution in [2.75, 3.05) is 0 Å². The van der Waals surface area contributed by atoms with Crippen LogP contribution in [0.4, 0.5) is 4.39 Å². The largest absolute Gasteiger partial charge is 0.247 e.